The summed E-state index contributed by atoms with van der Waals surface area (Å²) in [6, 6.07) is 2.48. The van der Waals surface area contributed by atoms with Crippen LogP contribution in [0, 0.1) is 11.3 Å². The molecule has 1 N–H and O–H groups in total. The summed E-state index contributed by atoms with van der Waals surface area (Å²) in [4.78, 5) is 11.7. The van der Waals surface area contributed by atoms with E-state index in [0.717, 1.165) is 6.54 Å². The van der Waals surface area contributed by atoms with E-state index in [4.69, 9.17) is 4.74 Å². The average Bonchev–Trinajstić information content (AvgIpc) is 2.81. The number of ether oxygens (including phenoxy) is 1. The minimum Gasteiger partial charge on any atom is -0.469 e. The number of rotatable bonds is 7. The van der Waals surface area contributed by atoms with Crippen LogP contribution in [0.3, 0.4) is 0 Å². The molecule has 0 fully saturated rings. The van der Waals surface area contributed by atoms with Crippen LogP contribution in [0.1, 0.15) is 46.2 Å². The van der Waals surface area contributed by atoms with Crippen molar-refractivity contribution in [3.63, 3.8) is 0 Å². The molecule has 0 saturated carbocycles. The Morgan fingerprint density at radius 3 is 2.60 bits per heavy atom. The zero-order chi connectivity index (χ0) is 15.3. The number of methoxy groups -OCH3 is 1. The molecule has 114 valence electrons. The minimum absolute atomic E-state index is 0.181. The number of carbonyl (C=O) groups is 1. The summed E-state index contributed by atoms with van der Waals surface area (Å²) >= 11 is 0. The second-order valence-electron chi connectivity index (χ2n) is 6.27. The third-order valence-electron chi connectivity index (χ3n) is 3.54. The number of hydrogen-bond donors (Lipinski definition) is 1. The van der Waals surface area contributed by atoms with E-state index >= 15 is 0 Å². The van der Waals surface area contributed by atoms with Crippen molar-refractivity contribution in [2.24, 2.45) is 11.3 Å². The van der Waals surface area contributed by atoms with Gasteiger partial charge in [0, 0.05) is 25.0 Å². The van der Waals surface area contributed by atoms with E-state index in [1.165, 1.54) is 12.7 Å². The lowest BCUT2D eigenvalue weighted by molar-refractivity contribution is -0.151. The summed E-state index contributed by atoms with van der Waals surface area (Å²) in [5, 5.41) is 3.50. The third-order valence-corrected chi connectivity index (χ3v) is 3.54. The van der Waals surface area contributed by atoms with Crippen LogP contribution in [-0.2, 0) is 16.1 Å². The van der Waals surface area contributed by atoms with Crippen LogP contribution in [-0.4, -0.2) is 24.2 Å². The number of nitrogens with one attached hydrogen (secondary N) is 1. The van der Waals surface area contributed by atoms with Crippen LogP contribution in [0.5, 0.6) is 0 Å². The maximum Gasteiger partial charge on any atom is 0.313 e. The smallest absolute Gasteiger partial charge is 0.313 e. The largest absolute Gasteiger partial charge is 0.469 e. The Bertz CT molecular complexity index is 435. The van der Waals surface area contributed by atoms with Gasteiger partial charge in [0.05, 0.1) is 12.5 Å². The molecule has 1 aromatic heterocycles. The van der Waals surface area contributed by atoms with Gasteiger partial charge in [-0.05, 0) is 37.9 Å². The van der Waals surface area contributed by atoms with Gasteiger partial charge in [-0.2, -0.15) is 0 Å². The third kappa shape index (κ3) is 4.10. The first-order valence-electron chi connectivity index (χ1n) is 7.29. The lowest BCUT2D eigenvalue weighted by atomic mass is 9.93. The van der Waals surface area contributed by atoms with Crippen LogP contribution >= 0.6 is 0 Å². The average molecular weight is 280 g/mol. The highest BCUT2D eigenvalue weighted by Crippen LogP contribution is 2.25. The molecular formula is C16H28N2O2. The molecule has 0 bridgehead atoms. The monoisotopic (exact) mass is 280 g/mol. The molecule has 1 atom stereocenters. The van der Waals surface area contributed by atoms with Crippen molar-refractivity contribution < 1.29 is 9.53 Å². The Morgan fingerprint density at radius 1 is 1.45 bits per heavy atom. The van der Waals surface area contributed by atoms with Crippen molar-refractivity contribution in [1.29, 1.82) is 0 Å². The molecule has 0 saturated heterocycles. The summed E-state index contributed by atoms with van der Waals surface area (Å²) in [6.07, 6.45) is 4.16. The summed E-state index contributed by atoms with van der Waals surface area (Å²) in [7, 11) is 1.44. The predicted molar refractivity (Wildman–Crippen MR) is 81.5 cm³/mol. The Morgan fingerprint density at radius 2 is 2.10 bits per heavy atom. The molecule has 0 aromatic carbocycles. The highest BCUT2D eigenvalue weighted by molar-refractivity contribution is 5.75. The lowest BCUT2D eigenvalue weighted by Gasteiger charge is -2.23. The van der Waals surface area contributed by atoms with E-state index in [1.54, 1.807) is 0 Å². The molecule has 20 heavy (non-hydrogen) atoms. The van der Waals surface area contributed by atoms with E-state index in [1.807, 2.05) is 20.0 Å². The van der Waals surface area contributed by atoms with Crippen molar-refractivity contribution >= 4 is 5.97 Å². The first-order valence-corrected chi connectivity index (χ1v) is 7.29. The topological polar surface area (TPSA) is 43.3 Å². The molecule has 4 heteroatoms. The van der Waals surface area contributed by atoms with Crippen molar-refractivity contribution in [3.8, 4) is 0 Å². The van der Waals surface area contributed by atoms with Gasteiger partial charge in [0.15, 0.2) is 0 Å². The molecule has 4 nitrogen and oxygen atoms in total. The number of esters is 1. The number of nitrogens with zero attached hydrogens (tertiary/aromatic N) is 1. The van der Waals surface area contributed by atoms with E-state index in [-0.39, 0.29) is 5.97 Å². The van der Waals surface area contributed by atoms with E-state index in [0.29, 0.717) is 18.5 Å². The Kier molecular flexibility index (Phi) is 5.81. The normalized spacial score (nSPS) is 13.6. The van der Waals surface area contributed by atoms with Gasteiger partial charge in [0.25, 0.3) is 0 Å². The fraction of sp³-hybridized carbons (Fsp3) is 0.688. The molecule has 0 spiro atoms. The second kappa shape index (κ2) is 6.93. The second-order valence-corrected chi connectivity index (χ2v) is 6.27. The summed E-state index contributed by atoms with van der Waals surface area (Å²) in [5.74, 6) is 0.347. The van der Waals surface area contributed by atoms with Gasteiger partial charge in [-0.15, -0.1) is 0 Å². The van der Waals surface area contributed by atoms with E-state index in [9.17, 15) is 4.79 Å². The summed E-state index contributed by atoms with van der Waals surface area (Å²) < 4.78 is 6.92. The van der Waals surface area contributed by atoms with Gasteiger partial charge in [-0.25, -0.2) is 0 Å². The van der Waals surface area contributed by atoms with Gasteiger partial charge in [-0.1, -0.05) is 20.8 Å². The Balaban J connectivity index is 2.84. The fourth-order valence-electron chi connectivity index (χ4n) is 2.50. The first-order chi connectivity index (χ1) is 9.31. The maximum atomic E-state index is 11.7. The quantitative estimate of drug-likeness (QED) is 0.781. The van der Waals surface area contributed by atoms with Crippen molar-refractivity contribution in [1.82, 2.24) is 9.88 Å². The molecule has 0 amide bonds. The number of carbonyl (C=O) groups excluding carboxylic acids is 1. The van der Waals surface area contributed by atoms with Crippen LogP contribution < -0.4 is 5.32 Å². The first kappa shape index (κ1) is 16.8. The van der Waals surface area contributed by atoms with Crippen LogP contribution in [0.25, 0.3) is 0 Å². The lowest BCUT2D eigenvalue weighted by Crippen LogP contribution is -2.30. The maximum absolute atomic E-state index is 11.7. The molecule has 0 aliphatic heterocycles. The van der Waals surface area contributed by atoms with Gasteiger partial charge in [0.2, 0.25) is 0 Å². The van der Waals surface area contributed by atoms with E-state index in [2.05, 4.69) is 42.9 Å². The number of aromatic nitrogens is 1. The Labute approximate surface area is 122 Å². The van der Waals surface area contributed by atoms with Crippen molar-refractivity contribution in [2.75, 3.05) is 13.7 Å². The van der Waals surface area contributed by atoms with Crippen molar-refractivity contribution in [3.05, 3.63) is 24.0 Å². The van der Waals surface area contributed by atoms with Gasteiger partial charge in [0.1, 0.15) is 0 Å². The van der Waals surface area contributed by atoms with Crippen LogP contribution in [0.2, 0.25) is 0 Å². The van der Waals surface area contributed by atoms with E-state index < -0.39 is 5.41 Å². The molecule has 1 heterocycles. The molecule has 0 aliphatic rings. The predicted octanol–water partition coefficient (Wildman–Crippen LogP) is 2.99. The van der Waals surface area contributed by atoms with Gasteiger partial charge < -0.3 is 14.6 Å². The molecule has 0 radical (unpaired) electrons. The standard InChI is InChI=1S/C16H28N2O2/c1-7-17-14(12(2)3)13-8-9-18(10-13)11-16(4,5)15(19)20-6/h8-10,12,14,17H,7,11H2,1-6H3. The molecule has 1 unspecified atom stereocenters. The zero-order valence-corrected chi connectivity index (χ0v) is 13.6. The Hall–Kier alpha value is -1.29. The molecular weight excluding hydrogens is 252 g/mol. The van der Waals surface area contributed by atoms with Gasteiger partial charge >= 0.3 is 5.97 Å². The molecule has 1 rings (SSSR count). The molecule has 0 aliphatic carbocycles. The minimum atomic E-state index is -0.517. The van der Waals surface area contributed by atoms with Crippen LogP contribution in [0.4, 0.5) is 0 Å². The fourth-order valence-corrected chi connectivity index (χ4v) is 2.50. The highest BCUT2D eigenvalue weighted by Gasteiger charge is 2.29. The van der Waals surface area contributed by atoms with Gasteiger partial charge in [-0.3, -0.25) is 4.79 Å². The zero-order valence-electron chi connectivity index (χ0n) is 13.6. The summed E-state index contributed by atoms with van der Waals surface area (Å²) in [5.41, 5.74) is 0.749. The molecule has 1 aromatic rings. The van der Waals surface area contributed by atoms with Crippen LogP contribution in [0.15, 0.2) is 18.5 Å². The highest BCUT2D eigenvalue weighted by atomic mass is 16.5. The SMILES string of the molecule is CCNC(c1ccn(CC(C)(C)C(=O)OC)c1)C(C)C. The van der Waals surface area contributed by atoms with Crippen molar-refractivity contribution in [2.45, 2.75) is 47.2 Å². The number of hydrogen-bond acceptors (Lipinski definition) is 3. The summed E-state index contributed by atoms with van der Waals surface area (Å²) in [6.45, 7) is 11.9.